The SMILES string of the molecule is COC(=O)CCN1CCC(Cc2ccc(-c3ccc(C(=N)N)cc3)cc2)C1=O.Cl. The lowest BCUT2D eigenvalue weighted by Gasteiger charge is -2.16. The monoisotopic (exact) mass is 415 g/mol. The molecule has 0 bridgehead atoms. The van der Waals surface area contributed by atoms with Crippen molar-refractivity contribution in [3.05, 3.63) is 59.7 Å². The minimum absolute atomic E-state index is 0. The highest BCUT2D eigenvalue weighted by molar-refractivity contribution is 5.95. The van der Waals surface area contributed by atoms with Crippen molar-refractivity contribution >= 4 is 30.1 Å². The van der Waals surface area contributed by atoms with Gasteiger partial charge in [-0.1, -0.05) is 48.5 Å². The number of nitrogens with two attached hydrogens (primary N) is 1. The summed E-state index contributed by atoms with van der Waals surface area (Å²) in [6.07, 6.45) is 1.76. The second kappa shape index (κ2) is 10.1. The number of rotatable bonds is 7. The molecule has 1 aliphatic heterocycles. The number of carbonyl (C=O) groups is 2. The van der Waals surface area contributed by atoms with Crippen molar-refractivity contribution in [3.63, 3.8) is 0 Å². The zero-order valence-electron chi connectivity index (χ0n) is 16.4. The molecule has 2 aromatic rings. The van der Waals surface area contributed by atoms with Crippen LogP contribution in [0.3, 0.4) is 0 Å². The highest BCUT2D eigenvalue weighted by atomic mass is 35.5. The van der Waals surface area contributed by atoms with E-state index in [1.165, 1.54) is 7.11 Å². The zero-order chi connectivity index (χ0) is 20.1. The molecule has 3 N–H and O–H groups in total. The van der Waals surface area contributed by atoms with Crippen molar-refractivity contribution in [1.82, 2.24) is 4.90 Å². The Morgan fingerprint density at radius 1 is 1.14 bits per heavy atom. The van der Waals surface area contributed by atoms with E-state index in [0.717, 1.165) is 23.1 Å². The first-order valence-corrected chi connectivity index (χ1v) is 9.37. The van der Waals surface area contributed by atoms with Crippen LogP contribution in [0, 0.1) is 11.3 Å². The van der Waals surface area contributed by atoms with Gasteiger partial charge in [0, 0.05) is 24.6 Å². The van der Waals surface area contributed by atoms with Crippen LogP contribution in [-0.2, 0) is 20.7 Å². The number of nitrogens with zero attached hydrogens (tertiary/aromatic N) is 1. The molecule has 0 spiro atoms. The van der Waals surface area contributed by atoms with Crippen molar-refractivity contribution in [1.29, 1.82) is 5.41 Å². The summed E-state index contributed by atoms with van der Waals surface area (Å²) in [5, 5.41) is 7.46. The lowest BCUT2D eigenvalue weighted by Crippen LogP contribution is -2.30. The molecule has 0 radical (unpaired) electrons. The van der Waals surface area contributed by atoms with E-state index in [2.05, 4.69) is 16.9 Å². The number of hydrogen-bond acceptors (Lipinski definition) is 4. The number of nitrogens with one attached hydrogen (secondary N) is 1. The van der Waals surface area contributed by atoms with Crippen molar-refractivity contribution < 1.29 is 14.3 Å². The molecule has 2 aromatic carbocycles. The third-order valence-corrected chi connectivity index (χ3v) is 5.19. The molecule has 1 aliphatic rings. The van der Waals surface area contributed by atoms with Crippen LogP contribution in [-0.4, -0.2) is 42.8 Å². The predicted octanol–water partition coefficient (Wildman–Crippen LogP) is 3.01. The highest BCUT2D eigenvalue weighted by Crippen LogP contribution is 2.25. The van der Waals surface area contributed by atoms with Gasteiger partial charge in [0.25, 0.3) is 0 Å². The molecule has 0 saturated carbocycles. The lowest BCUT2D eigenvalue weighted by molar-refractivity contribution is -0.141. The Hall–Kier alpha value is -2.86. The van der Waals surface area contributed by atoms with E-state index in [9.17, 15) is 9.59 Å². The van der Waals surface area contributed by atoms with Gasteiger partial charge in [0.1, 0.15) is 5.84 Å². The first-order valence-electron chi connectivity index (χ1n) is 9.37. The van der Waals surface area contributed by atoms with Crippen molar-refractivity contribution in [3.8, 4) is 11.1 Å². The normalized spacial score (nSPS) is 15.7. The molecule has 0 aliphatic carbocycles. The number of amides is 1. The van der Waals surface area contributed by atoms with Crippen LogP contribution in [0.5, 0.6) is 0 Å². The number of esters is 1. The van der Waals surface area contributed by atoms with Crippen LogP contribution in [0.2, 0.25) is 0 Å². The van der Waals surface area contributed by atoms with Crippen molar-refractivity contribution in [2.24, 2.45) is 11.7 Å². The first-order chi connectivity index (χ1) is 13.5. The number of carbonyl (C=O) groups excluding carboxylic acids is 2. The molecule has 1 amide bonds. The van der Waals surface area contributed by atoms with Gasteiger partial charge in [-0.15, -0.1) is 12.4 Å². The molecule has 7 heteroatoms. The van der Waals surface area contributed by atoms with Gasteiger partial charge in [0.05, 0.1) is 13.5 Å². The second-order valence-electron chi connectivity index (χ2n) is 7.03. The number of hydrogen-bond donors (Lipinski definition) is 2. The van der Waals surface area contributed by atoms with E-state index in [4.69, 9.17) is 11.1 Å². The minimum Gasteiger partial charge on any atom is -0.469 e. The molecule has 6 nitrogen and oxygen atoms in total. The summed E-state index contributed by atoms with van der Waals surface area (Å²) in [4.78, 5) is 25.6. The molecule has 1 heterocycles. The van der Waals surface area contributed by atoms with Crippen LogP contribution in [0.1, 0.15) is 24.0 Å². The van der Waals surface area contributed by atoms with Gasteiger partial charge in [0.15, 0.2) is 0 Å². The van der Waals surface area contributed by atoms with Crippen LogP contribution in [0.15, 0.2) is 48.5 Å². The Morgan fingerprint density at radius 2 is 1.72 bits per heavy atom. The second-order valence-corrected chi connectivity index (χ2v) is 7.03. The minimum atomic E-state index is -0.289. The summed E-state index contributed by atoms with van der Waals surface area (Å²) in [6.45, 7) is 1.12. The Balaban J connectivity index is 0.00000300. The van der Waals surface area contributed by atoms with E-state index >= 15 is 0 Å². The standard InChI is InChI=1S/C22H25N3O3.ClH/c1-28-20(26)11-13-25-12-10-19(22(25)27)14-15-2-4-16(5-3-15)17-6-8-18(9-7-17)21(23)24;/h2-9,19H,10-14H2,1H3,(H3,23,24);1H. The predicted molar refractivity (Wildman–Crippen MR) is 115 cm³/mol. The molecule has 1 fully saturated rings. The van der Waals surface area contributed by atoms with E-state index < -0.39 is 0 Å². The third kappa shape index (κ3) is 5.57. The number of likely N-dealkylation sites (tertiary alicyclic amines) is 1. The maximum Gasteiger partial charge on any atom is 0.307 e. The number of methoxy groups -OCH3 is 1. The molecule has 1 unspecified atom stereocenters. The molecular formula is C22H26ClN3O3. The average molecular weight is 416 g/mol. The first kappa shape index (κ1) is 22.4. The van der Waals surface area contributed by atoms with E-state index in [1.807, 2.05) is 36.4 Å². The fourth-order valence-electron chi connectivity index (χ4n) is 3.50. The summed E-state index contributed by atoms with van der Waals surface area (Å²) in [6, 6.07) is 15.8. The molecule has 1 saturated heterocycles. The van der Waals surface area contributed by atoms with Gasteiger partial charge in [-0.3, -0.25) is 15.0 Å². The van der Waals surface area contributed by atoms with Crippen molar-refractivity contribution in [2.75, 3.05) is 20.2 Å². The molecule has 3 rings (SSSR count). The Morgan fingerprint density at radius 3 is 2.28 bits per heavy atom. The average Bonchev–Trinajstić information content (AvgIpc) is 3.06. The summed E-state index contributed by atoms with van der Waals surface area (Å²) >= 11 is 0. The Bertz CT molecular complexity index is 866. The smallest absolute Gasteiger partial charge is 0.307 e. The van der Waals surface area contributed by atoms with E-state index in [1.54, 1.807) is 4.90 Å². The number of amidine groups is 1. The Labute approximate surface area is 177 Å². The summed E-state index contributed by atoms with van der Waals surface area (Å²) in [7, 11) is 1.36. The number of benzene rings is 2. The van der Waals surface area contributed by atoms with Gasteiger partial charge in [-0.25, -0.2) is 0 Å². The van der Waals surface area contributed by atoms with Crippen LogP contribution in [0.25, 0.3) is 11.1 Å². The quantitative estimate of drug-likeness (QED) is 0.412. The fraction of sp³-hybridized carbons (Fsp3) is 0.318. The number of ether oxygens (including phenoxy) is 1. The number of nitrogen functional groups attached to an aromatic ring is 1. The van der Waals surface area contributed by atoms with Crippen LogP contribution >= 0.6 is 12.4 Å². The van der Waals surface area contributed by atoms with Gasteiger partial charge >= 0.3 is 5.97 Å². The van der Waals surface area contributed by atoms with Gasteiger partial charge in [-0.2, -0.15) is 0 Å². The van der Waals surface area contributed by atoms with E-state index in [-0.39, 0.29) is 42.5 Å². The van der Waals surface area contributed by atoms with Crippen LogP contribution < -0.4 is 5.73 Å². The topological polar surface area (TPSA) is 96.5 Å². The van der Waals surface area contributed by atoms with Crippen LogP contribution in [0.4, 0.5) is 0 Å². The highest BCUT2D eigenvalue weighted by Gasteiger charge is 2.31. The fourth-order valence-corrected chi connectivity index (χ4v) is 3.50. The van der Waals surface area contributed by atoms with E-state index in [0.29, 0.717) is 25.1 Å². The summed E-state index contributed by atoms with van der Waals surface area (Å²) in [5.41, 5.74) is 9.46. The van der Waals surface area contributed by atoms with Crippen molar-refractivity contribution in [2.45, 2.75) is 19.3 Å². The molecular weight excluding hydrogens is 390 g/mol. The maximum atomic E-state index is 12.5. The summed E-state index contributed by atoms with van der Waals surface area (Å²) < 4.78 is 4.64. The molecule has 1 atom stereocenters. The summed E-state index contributed by atoms with van der Waals surface area (Å²) in [5.74, 6) is -0.141. The van der Waals surface area contributed by atoms with Gasteiger partial charge in [0.2, 0.25) is 5.91 Å². The molecule has 154 valence electrons. The Kier molecular flexibility index (Phi) is 7.79. The lowest BCUT2D eigenvalue weighted by atomic mass is 9.96. The molecule has 0 aromatic heterocycles. The third-order valence-electron chi connectivity index (χ3n) is 5.19. The largest absolute Gasteiger partial charge is 0.469 e. The van der Waals surface area contributed by atoms with Gasteiger partial charge < -0.3 is 15.4 Å². The number of halogens is 1. The molecule has 29 heavy (non-hydrogen) atoms. The van der Waals surface area contributed by atoms with Gasteiger partial charge in [-0.05, 0) is 29.5 Å². The maximum absolute atomic E-state index is 12.5. The zero-order valence-corrected chi connectivity index (χ0v) is 17.2.